The van der Waals surface area contributed by atoms with E-state index in [9.17, 15) is 30.3 Å². The second kappa shape index (κ2) is 29.8. The highest BCUT2D eigenvalue weighted by Gasteiger charge is 2.44. The molecule has 47 heavy (non-hydrogen) atoms. The molecule has 1 fully saturated rings. The van der Waals surface area contributed by atoms with Crippen molar-refractivity contribution in [2.75, 3.05) is 13.2 Å². The van der Waals surface area contributed by atoms with Crippen molar-refractivity contribution in [3.8, 4) is 0 Å². The molecule has 0 unspecified atom stereocenters. The molecule has 1 aliphatic rings. The molecule has 9 nitrogen and oxygen atoms in total. The predicted octanol–water partition coefficient (Wildman–Crippen LogP) is 6.61. The largest absolute Gasteiger partial charge is 0.394 e. The molecule has 0 aromatic rings. The first-order chi connectivity index (χ1) is 22.8. The number of ether oxygens (including phenoxy) is 2. The topological polar surface area (TPSA) is 149 Å². The lowest BCUT2D eigenvalue weighted by Crippen LogP contribution is -2.60. The Labute approximate surface area is 286 Å². The molecule has 1 saturated heterocycles. The van der Waals surface area contributed by atoms with Crippen LogP contribution in [0.15, 0.2) is 12.2 Å². The molecule has 0 saturated carbocycles. The number of hydrogen-bond donors (Lipinski definition) is 6. The van der Waals surface area contributed by atoms with Crippen LogP contribution in [0.5, 0.6) is 0 Å². The quantitative estimate of drug-likeness (QED) is 0.0357. The minimum absolute atomic E-state index is 0.179. The molecule has 0 spiro atoms. The van der Waals surface area contributed by atoms with Crippen LogP contribution in [0, 0.1) is 0 Å². The monoisotopic (exact) mass is 672 g/mol. The van der Waals surface area contributed by atoms with Gasteiger partial charge in [0.05, 0.1) is 25.4 Å². The average molecular weight is 672 g/mol. The van der Waals surface area contributed by atoms with E-state index in [0.29, 0.717) is 6.42 Å². The highest BCUT2D eigenvalue weighted by molar-refractivity contribution is 5.76. The van der Waals surface area contributed by atoms with Crippen molar-refractivity contribution < 1.29 is 39.8 Å². The van der Waals surface area contributed by atoms with Gasteiger partial charge in [-0.2, -0.15) is 0 Å². The Hall–Kier alpha value is -1.07. The van der Waals surface area contributed by atoms with E-state index in [1.807, 2.05) is 6.08 Å². The van der Waals surface area contributed by atoms with E-state index >= 15 is 0 Å². The summed E-state index contributed by atoms with van der Waals surface area (Å²) in [5, 5.41) is 53.8. The fraction of sp³-hybridized carbons (Fsp3) is 0.921. The minimum atomic E-state index is -1.56. The van der Waals surface area contributed by atoms with Crippen molar-refractivity contribution in [1.29, 1.82) is 0 Å². The summed E-state index contributed by atoms with van der Waals surface area (Å²) in [6.45, 7) is 3.73. The first-order valence-corrected chi connectivity index (χ1v) is 19.4. The number of hydrogen-bond acceptors (Lipinski definition) is 8. The maximum Gasteiger partial charge on any atom is 0.220 e. The molecular formula is C38H73NO8. The van der Waals surface area contributed by atoms with Gasteiger partial charge in [0.15, 0.2) is 6.29 Å². The van der Waals surface area contributed by atoms with Gasteiger partial charge in [-0.3, -0.25) is 4.79 Å². The van der Waals surface area contributed by atoms with Gasteiger partial charge in [-0.1, -0.05) is 154 Å². The van der Waals surface area contributed by atoms with E-state index in [1.165, 1.54) is 109 Å². The van der Waals surface area contributed by atoms with Crippen molar-refractivity contribution in [2.24, 2.45) is 0 Å². The zero-order valence-electron chi connectivity index (χ0n) is 30.0. The Morgan fingerprint density at radius 1 is 0.702 bits per heavy atom. The molecule has 6 N–H and O–H groups in total. The fourth-order valence-electron chi connectivity index (χ4n) is 6.15. The summed E-state index contributed by atoms with van der Waals surface area (Å²) in [7, 11) is 0. The molecular weight excluding hydrogens is 598 g/mol. The molecule has 0 bridgehead atoms. The van der Waals surface area contributed by atoms with Crippen LogP contribution in [0.4, 0.5) is 0 Å². The average Bonchev–Trinajstić information content (AvgIpc) is 3.07. The number of nitrogens with one attached hydrogen (secondary N) is 1. The van der Waals surface area contributed by atoms with Crippen LogP contribution in [-0.4, -0.2) is 87.5 Å². The van der Waals surface area contributed by atoms with Gasteiger partial charge in [0, 0.05) is 6.42 Å². The van der Waals surface area contributed by atoms with Gasteiger partial charge in [0.1, 0.15) is 24.4 Å². The van der Waals surface area contributed by atoms with Crippen LogP contribution in [0.3, 0.4) is 0 Å². The Bertz CT molecular complexity index is 751. The smallest absolute Gasteiger partial charge is 0.220 e. The van der Waals surface area contributed by atoms with E-state index in [2.05, 4.69) is 19.2 Å². The molecule has 7 atom stereocenters. The Kier molecular flexibility index (Phi) is 27.9. The van der Waals surface area contributed by atoms with Gasteiger partial charge < -0.3 is 40.3 Å². The second-order valence-electron chi connectivity index (χ2n) is 13.7. The van der Waals surface area contributed by atoms with Crippen molar-refractivity contribution in [1.82, 2.24) is 5.32 Å². The summed E-state index contributed by atoms with van der Waals surface area (Å²) in [5.74, 6) is -0.179. The number of amides is 1. The molecule has 0 aromatic heterocycles. The molecule has 278 valence electrons. The second-order valence-corrected chi connectivity index (χ2v) is 13.7. The highest BCUT2D eigenvalue weighted by atomic mass is 16.7. The third kappa shape index (κ3) is 21.6. The summed E-state index contributed by atoms with van der Waals surface area (Å²) < 4.78 is 11.1. The molecule has 1 heterocycles. The molecule has 0 aromatic carbocycles. The van der Waals surface area contributed by atoms with Gasteiger partial charge >= 0.3 is 0 Å². The summed E-state index contributed by atoms with van der Waals surface area (Å²) in [6.07, 6.45) is 23.9. The zero-order chi connectivity index (χ0) is 34.5. The van der Waals surface area contributed by atoms with E-state index < -0.39 is 49.5 Å². The Balaban J connectivity index is 2.45. The van der Waals surface area contributed by atoms with Gasteiger partial charge in [0.2, 0.25) is 5.91 Å². The van der Waals surface area contributed by atoms with Crippen LogP contribution in [0.25, 0.3) is 0 Å². The number of aliphatic hydroxyl groups is 5. The Morgan fingerprint density at radius 2 is 1.17 bits per heavy atom. The zero-order valence-corrected chi connectivity index (χ0v) is 30.0. The van der Waals surface area contributed by atoms with Crippen LogP contribution < -0.4 is 5.32 Å². The van der Waals surface area contributed by atoms with Crippen LogP contribution in [0.2, 0.25) is 0 Å². The van der Waals surface area contributed by atoms with Crippen molar-refractivity contribution >= 4 is 5.91 Å². The highest BCUT2D eigenvalue weighted by Crippen LogP contribution is 2.22. The minimum Gasteiger partial charge on any atom is -0.394 e. The van der Waals surface area contributed by atoms with E-state index in [-0.39, 0.29) is 12.5 Å². The van der Waals surface area contributed by atoms with Crippen LogP contribution in [0.1, 0.15) is 168 Å². The van der Waals surface area contributed by atoms with E-state index in [0.717, 1.165) is 38.5 Å². The van der Waals surface area contributed by atoms with Crippen molar-refractivity contribution in [3.05, 3.63) is 12.2 Å². The molecule has 0 aliphatic carbocycles. The lowest BCUT2D eigenvalue weighted by Gasteiger charge is -2.40. The molecule has 1 amide bonds. The van der Waals surface area contributed by atoms with Gasteiger partial charge in [-0.05, 0) is 19.3 Å². The third-order valence-corrected chi connectivity index (χ3v) is 9.36. The normalized spacial score (nSPS) is 22.9. The molecule has 0 radical (unpaired) electrons. The first-order valence-electron chi connectivity index (χ1n) is 19.4. The van der Waals surface area contributed by atoms with E-state index in [4.69, 9.17) is 9.47 Å². The SMILES string of the molecule is CCCCCCCCCCC/C=C/[C@@H](O)[C@H](CO[C@@H]1O[C@H](CO)[C@@H](O)[C@H](O)[C@H]1O)NC(=O)CCCCCCCCCCCCCCC. The van der Waals surface area contributed by atoms with Gasteiger partial charge in [-0.25, -0.2) is 0 Å². The number of rotatable bonds is 31. The maximum atomic E-state index is 12.8. The Morgan fingerprint density at radius 3 is 1.66 bits per heavy atom. The predicted molar refractivity (Wildman–Crippen MR) is 189 cm³/mol. The number of unbranched alkanes of at least 4 members (excludes halogenated alkanes) is 21. The van der Waals surface area contributed by atoms with Crippen molar-refractivity contribution in [2.45, 2.75) is 211 Å². The lowest BCUT2D eigenvalue weighted by molar-refractivity contribution is -0.302. The maximum absolute atomic E-state index is 12.8. The molecule has 9 heteroatoms. The third-order valence-electron chi connectivity index (χ3n) is 9.36. The molecule has 1 aliphatic heterocycles. The summed E-state index contributed by atoms with van der Waals surface area (Å²) in [5.41, 5.74) is 0. The number of allylic oxidation sites excluding steroid dienone is 1. The summed E-state index contributed by atoms with van der Waals surface area (Å²) in [6, 6.07) is -0.795. The van der Waals surface area contributed by atoms with Crippen LogP contribution >= 0.6 is 0 Å². The van der Waals surface area contributed by atoms with Crippen LogP contribution in [-0.2, 0) is 14.3 Å². The first kappa shape index (κ1) is 44.0. The summed E-state index contributed by atoms with van der Waals surface area (Å²) in [4.78, 5) is 12.8. The fourth-order valence-corrected chi connectivity index (χ4v) is 6.15. The van der Waals surface area contributed by atoms with E-state index in [1.54, 1.807) is 6.08 Å². The number of carbonyl (C=O) groups is 1. The standard InChI is InChI=1S/C38H73NO8/c1-3-5-7-9-11-13-15-16-18-20-22-24-26-28-34(42)39-31(30-46-38-37(45)36(44)35(43)33(29-40)47-38)32(41)27-25-23-21-19-17-14-12-10-8-6-4-2/h25,27,31-33,35-38,40-41,43-45H,3-24,26,28-30H2,1-2H3,(H,39,42)/b27-25+/t31-,32+,33+,35+,36-,37+,38+/m0/s1. The molecule has 1 rings (SSSR count). The van der Waals surface area contributed by atoms with Gasteiger partial charge in [0.25, 0.3) is 0 Å². The van der Waals surface area contributed by atoms with Gasteiger partial charge in [-0.15, -0.1) is 0 Å². The lowest BCUT2D eigenvalue weighted by atomic mass is 9.99. The summed E-state index contributed by atoms with van der Waals surface area (Å²) >= 11 is 0. The van der Waals surface area contributed by atoms with Crippen molar-refractivity contribution in [3.63, 3.8) is 0 Å². The number of carbonyl (C=O) groups excluding carboxylic acids is 1. The number of aliphatic hydroxyl groups excluding tert-OH is 5.